The molecule has 4 nitrogen and oxygen atoms in total. The summed E-state index contributed by atoms with van der Waals surface area (Å²) in [4.78, 5) is 11.4. The van der Waals surface area contributed by atoms with Gasteiger partial charge in [-0.1, -0.05) is 6.92 Å². The molecule has 0 radical (unpaired) electrons. The van der Waals surface area contributed by atoms with Crippen LogP contribution in [0.15, 0.2) is 0 Å². The molecule has 2 aliphatic rings. The Morgan fingerprint density at radius 1 is 1.53 bits per heavy atom. The Bertz CT molecular complexity index is 244. The lowest BCUT2D eigenvalue weighted by molar-refractivity contribution is 0.237. The van der Waals surface area contributed by atoms with Crippen molar-refractivity contribution < 1.29 is 4.79 Å². The molecule has 2 atom stereocenters. The van der Waals surface area contributed by atoms with Crippen molar-refractivity contribution in [1.82, 2.24) is 16.0 Å². The molecule has 4 heteroatoms. The molecule has 2 fully saturated rings. The van der Waals surface area contributed by atoms with Crippen molar-refractivity contribution in [1.29, 1.82) is 0 Å². The highest BCUT2D eigenvalue weighted by Gasteiger charge is 2.54. The molecule has 2 rings (SSSR count). The van der Waals surface area contributed by atoms with Gasteiger partial charge < -0.3 is 16.0 Å². The molecule has 1 heterocycles. The van der Waals surface area contributed by atoms with E-state index in [0.29, 0.717) is 0 Å². The summed E-state index contributed by atoms with van der Waals surface area (Å²) in [6.07, 6.45) is 4.83. The van der Waals surface area contributed by atoms with Crippen LogP contribution in [0.4, 0.5) is 4.79 Å². The molecule has 1 saturated carbocycles. The maximum Gasteiger partial charge on any atom is 0.314 e. The monoisotopic (exact) mass is 211 g/mol. The zero-order valence-electron chi connectivity index (χ0n) is 9.44. The molecule has 1 aliphatic carbocycles. The smallest absolute Gasteiger partial charge is 0.314 e. The van der Waals surface area contributed by atoms with Gasteiger partial charge in [0, 0.05) is 18.6 Å². The lowest BCUT2D eigenvalue weighted by Gasteiger charge is -2.24. The number of hydrogen-bond donors (Lipinski definition) is 3. The predicted molar refractivity (Wildman–Crippen MR) is 59.8 cm³/mol. The van der Waals surface area contributed by atoms with E-state index in [2.05, 4.69) is 22.9 Å². The van der Waals surface area contributed by atoms with Gasteiger partial charge in [-0.2, -0.15) is 0 Å². The van der Waals surface area contributed by atoms with Crippen molar-refractivity contribution in [3.05, 3.63) is 0 Å². The van der Waals surface area contributed by atoms with Gasteiger partial charge in [-0.3, -0.25) is 0 Å². The molecular weight excluding hydrogens is 190 g/mol. The minimum Gasteiger partial charge on any atom is -0.338 e. The zero-order chi connectivity index (χ0) is 10.7. The third kappa shape index (κ3) is 2.43. The van der Waals surface area contributed by atoms with Crippen LogP contribution < -0.4 is 16.0 Å². The van der Waals surface area contributed by atoms with E-state index in [1.165, 1.54) is 19.3 Å². The van der Waals surface area contributed by atoms with Gasteiger partial charge in [-0.15, -0.1) is 0 Å². The maximum absolute atomic E-state index is 11.4. The topological polar surface area (TPSA) is 53.2 Å². The summed E-state index contributed by atoms with van der Waals surface area (Å²) in [5.74, 6) is 0.803. The number of nitrogens with one attached hydrogen (secondary N) is 3. The number of hydrogen-bond acceptors (Lipinski definition) is 2. The lowest BCUT2D eigenvalue weighted by atomic mass is 10.1. The van der Waals surface area contributed by atoms with E-state index in [0.717, 1.165) is 32.0 Å². The molecule has 0 aromatic carbocycles. The highest BCUT2D eigenvalue weighted by atomic mass is 16.2. The number of fused-ring (bicyclic) bond motifs is 1. The summed E-state index contributed by atoms with van der Waals surface area (Å²) in [5, 5.41) is 9.33. The van der Waals surface area contributed by atoms with Crippen molar-refractivity contribution in [2.45, 2.75) is 38.1 Å². The summed E-state index contributed by atoms with van der Waals surface area (Å²) < 4.78 is 0. The molecule has 15 heavy (non-hydrogen) atoms. The summed E-state index contributed by atoms with van der Waals surface area (Å²) in [6, 6.07) is -0.0238. The van der Waals surface area contributed by atoms with Crippen LogP contribution >= 0.6 is 0 Å². The first kappa shape index (κ1) is 10.7. The molecule has 2 amide bonds. The second kappa shape index (κ2) is 4.39. The normalized spacial score (nSPS) is 33.0. The first-order valence-corrected chi connectivity index (χ1v) is 6.03. The number of urea groups is 1. The SMILES string of the molecule is CCCNC(=O)NCC12CC1CCCN2. The Kier molecular flexibility index (Phi) is 3.14. The van der Waals surface area contributed by atoms with Gasteiger partial charge in [0.15, 0.2) is 0 Å². The predicted octanol–water partition coefficient (Wildman–Crippen LogP) is 0.838. The van der Waals surface area contributed by atoms with Gasteiger partial charge in [0.1, 0.15) is 0 Å². The van der Waals surface area contributed by atoms with Crippen LogP contribution in [0.3, 0.4) is 0 Å². The van der Waals surface area contributed by atoms with E-state index >= 15 is 0 Å². The summed E-state index contributed by atoms with van der Waals surface area (Å²) in [7, 11) is 0. The minimum absolute atomic E-state index is 0.0238. The van der Waals surface area contributed by atoms with Gasteiger partial charge in [-0.25, -0.2) is 4.79 Å². The van der Waals surface area contributed by atoms with Crippen molar-refractivity contribution in [2.24, 2.45) is 5.92 Å². The third-order valence-electron chi connectivity index (χ3n) is 3.54. The van der Waals surface area contributed by atoms with Crippen molar-refractivity contribution in [3.63, 3.8) is 0 Å². The van der Waals surface area contributed by atoms with Crippen LogP contribution in [0, 0.1) is 5.92 Å². The fourth-order valence-corrected chi connectivity index (χ4v) is 2.48. The van der Waals surface area contributed by atoms with Crippen molar-refractivity contribution in [2.75, 3.05) is 19.6 Å². The fraction of sp³-hybridized carbons (Fsp3) is 0.909. The van der Waals surface area contributed by atoms with Gasteiger partial charge in [-0.05, 0) is 38.1 Å². The maximum atomic E-state index is 11.4. The van der Waals surface area contributed by atoms with Crippen LogP contribution in [0.5, 0.6) is 0 Å². The fourth-order valence-electron chi connectivity index (χ4n) is 2.48. The molecule has 0 aromatic rings. The average molecular weight is 211 g/mol. The number of carbonyl (C=O) groups excluding carboxylic acids is 1. The molecule has 0 aromatic heterocycles. The Balaban J connectivity index is 1.67. The lowest BCUT2D eigenvalue weighted by Crippen LogP contribution is -2.49. The number of carbonyl (C=O) groups is 1. The van der Waals surface area contributed by atoms with E-state index in [1.54, 1.807) is 0 Å². The number of rotatable bonds is 4. The first-order valence-electron chi connectivity index (χ1n) is 6.03. The van der Waals surface area contributed by atoms with E-state index in [9.17, 15) is 4.79 Å². The molecule has 0 spiro atoms. The number of amides is 2. The Morgan fingerprint density at radius 3 is 3.13 bits per heavy atom. The Hall–Kier alpha value is -0.770. The second-order valence-corrected chi connectivity index (χ2v) is 4.74. The molecule has 0 bridgehead atoms. The Labute approximate surface area is 91.2 Å². The van der Waals surface area contributed by atoms with E-state index in [1.807, 2.05) is 0 Å². The molecule has 86 valence electrons. The van der Waals surface area contributed by atoms with Gasteiger partial charge >= 0.3 is 6.03 Å². The molecule has 1 aliphatic heterocycles. The standard InChI is InChI=1S/C11H21N3O/c1-2-5-12-10(15)13-8-11-7-9(11)4-3-6-14-11/h9,14H,2-8H2,1H3,(H2,12,13,15). The van der Waals surface area contributed by atoms with Gasteiger partial charge in [0.05, 0.1) is 0 Å². The first-order chi connectivity index (χ1) is 7.27. The number of piperidine rings is 1. The second-order valence-electron chi connectivity index (χ2n) is 4.74. The molecule has 3 N–H and O–H groups in total. The van der Waals surface area contributed by atoms with Gasteiger partial charge in [0.25, 0.3) is 0 Å². The Morgan fingerprint density at radius 2 is 2.40 bits per heavy atom. The average Bonchev–Trinajstić information content (AvgIpc) is 2.98. The van der Waals surface area contributed by atoms with Gasteiger partial charge in [0.2, 0.25) is 0 Å². The van der Waals surface area contributed by atoms with Crippen LogP contribution in [0.2, 0.25) is 0 Å². The van der Waals surface area contributed by atoms with E-state index < -0.39 is 0 Å². The van der Waals surface area contributed by atoms with Crippen molar-refractivity contribution >= 4 is 6.03 Å². The highest BCUT2D eigenvalue weighted by molar-refractivity contribution is 5.73. The molecule has 1 saturated heterocycles. The highest BCUT2D eigenvalue weighted by Crippen LogP contribution is 2.48. The van der Waals surface area contributed by atoms with Crippen LogP contribution in [-0.4, -0.2) is 31.2 Å². The summed E-state index contributed by atoms with van der Waals surface area (Å²) in [6.45, 7) is 4.70. The quantitative estimate of drug-likeness (QED) is 0.645. The van der Waals surface area contributed by atoms with E-state index in [4.69, 9.17) is 0 Å². The van der Waals surface area contributed by atoms with E-state index in [-0.39, 0.29) is 11.6 Å². The van der Waals surface area contributed by atoms with Crippen LogP contribution in [0.25, 0.3) is 0 Å². The summed E-state index contributed by atoms with van der Waals surface area (Å²) >= 11 is 0. The zero-order valence-corrected chi connectivity index (χ0v) is 9.44. The third-order valence-corrected chi connectivity index (χ3v) is 3.54. The van der Waals surface area contributed by atoms with Crippen molar-refractivity contribution in [3.8, 4) is 0 Å². The van der Waals surface area contributed by atoms with Crippen LogP contribution in [-0.2, 0) is 0 Å². The largest absolute Gasteiger partial charge is 0.338 e. The minimum atomic E-state index is -0.0238. The summed E-state index contributed by atoms with van der Waals surface area (Å²) in [5.41, 5.74) is 0.252. The molecule has 2 unspecified atom stereocenters. The molecular formula is C11H21N3O. The van der Waals surface area contributed by atoms with Crippen LogP contribution in [0.1, 0.15) is 32.6 Å².